The Balaban J connectivity index is 1.37. The van der Waals surface area contributed by atoms with Gasteiger partial charge in [0, 0.05) is 29.4 Å². The van der Waals surface area contributed by atoms with Crippen LogP contribution in [0.5, 0.6) is 5.75 Å². The van der Waals surface area contributed by atoms with Crippen LogP contribution < -0.4 is 10.1 Å². The lowest BCUT2D eigenvalue weighted by Crippen LogP contribution is -2.33. The van der Waals surface area contributed by atoms with Crippen LogP contribution in [0, 0.1) is 11.8 Å². The van der Waals surface area contributed by atoms with Crippen molar-refractivity contribution in [2.75, 3.05) is 11.9 Å². The molecule has 2 aromatic carbocycles. The number of carbonyl (C=O) groups excluding carboxylic acids is 1. The highest BCUT2D eigenvalue weighted by Crippen LogP contribution is 2.35. The largest absolute Gasteiger partial charge is 0.493 e. The summed E-state index contributed by atoms with van der Waals surface area (Å²) < 4.78 is 43.7. The molecule has 0 unspecified atom stereocenters. The Morgan fingerprint density at radius 1 is 1.17 bits per heavy atom. The van der Waals surface area contributed by atoms with E-state index in [0.717, 1.165) is 47.1 Å². The van der Waals surface area contributed by atoms with Crippen molar-refractivity contribution in [2.45, 2.75) is 32.4 Å². The maximum Gasteiger partial charge on any atom is 0.416 e. The van der Waals surface area contributed by atoms with Gasteiger partial charge in [0.1, 0.15) is 5.75 Å². The van der Waals surface area contributed by atoms with Gasteiger partial charge in [-0.05, 0) is 54.7 Å². The van der Waals surface area contributed by atoms with Crippen LogP contribution in [0.25, 0.3) is 10.9 Å². The Hall–Kier alpha value is -2.96. The fraction of sp³-hybridized carbons (Fsp3) is 0.348. The molecule has 2 N–H and O–H groups in total. The van der Waals surface area contributed by atoms with Crippen molar-refractivity contribution < 1.29 is 22.7 Å². The van der Waals surface area contributed by atoms with Crippen LogP contribution in [-0.2, 0) is 17.4 Å². The van der Waals surface area contributed by atoms with Crippen LogP contribution in [0.3, 0.4) is 0 Å². The predicted octanol–water partition coefficient (Wildman–Crippen LogP) is 5.79. The van der Waals surface area contributed by atoms with Gasteiger partial charge in [-0.25, -0.2) is 0 Å². The summed E-state index contributed by atoms with van der Waals surface area (Å²) in [4.78, 5) is 15.5. The number of anilines is 1. The molecule has 0 saturated heterocycles. The molecule has 0 atom stereocenters. The van der Waals surface area contributed by atoms with Crippen molar-refractivity contribution in [1.82, 2.24) is 4.98 Å². The molecular formula is C23H23F3N2O2. The third-order valence-electron chi connectivity index (χ3n) is 5.60. The van der Waals surface area contributed by atoms with Crippen LogP contribution in [-0.4, -0.2) is 17.5 Å². The Bertz CT molecular complexity index is 1030. The number of aromatic nitrogens is 1. The highest BCUT2D eigenvalue weighted by Gasteiger charge is 2.32. The SMILES string of the molecule is C[C@H]1C[C@@H](C(=O)Nc2c[nH]c3ccc(OCCc4ccc(C(F)(F)F)cc4)cc23)C1. The van der Waals surface area contributed by atoms with Crippen LogP contribution in [0.15, 0.2) is 48.7 Å². The zero-order chi connectivity index (χ0) is 21.3. The van der Waals surface area contributed by atoms with Gasteiger partial charge in [0.05, 0.1) is 17.9 Å². The van der Waals surface area contributed by atoms with Crippen molar-refractivity contribution in [3.8, 4) is 5.75 Å². The summed E-state index contributed by atoms with van der Waals surface area (Å²) in [5.41, 5.74) is 1.73. The van der Waals surface area contributed by atoms with E-state index in [2.05, 4.69) is 17.2 Å². The molecule has 0 aliphatic heterocycles. The Morgan fingerprint density at radius 3 is 2.57 bits per heavy atom. The number of nitrogens with one attached hydrogen (secondary N) is 2. The number of hydrogen-bond acceptors (Lipinski definition) is 2. The highest BCUT2D eigenvalue weighted by molar-refractivity contribution is 6.03. The van der Waals surface area contributed by atoms with Gasteiger partial charge in [0.25, 0.3) is 0 Å². The number of carbonyl (C=O) groups is 1. The summed E-state index contributed by atoms with van der Waals surface area (Å²) in [6, 6.07) is 10.7. The van der Waals surface area contributed by atoms with Gasteiger partial charge < -0.3 is 15.0 Å². The summed E-state index contributed by atoms with van der Waals surface area (Å²) in [6.45, 7) is 2.48. The second-order valence-electron chi connectivity index (χ2n) is 7.97. The number of amides is 1. The maximum absolute atomic E-state index is 12.6. The standard InChI is InChI=1S/C23H23F3N2O2/c1-14-10-16(11-14)22(29)28-21-13-27-20-7-6-18(12-19(20)21)30-9-8-15-2-4-17(5-3-15)23(24,25)26/h2-7,12-14,16,27H,8-11H2,1H3,(H,28,29)/t14-,16+. The van der Waals surface area contributed by atoms with Crippen molar-refractivity contribution in [2.24, 2.45) is 11.8 Å². The molecule has 1 fully saturated rings. The molecule has 7 heteroatoms. The van der Waals surface area contributed by atoms with Gasteiger partial charge >= 0.3 is 6.18 Å². The van der Waals surface area contributed by atoms with Gasteiger partial charge in [0.2, 0.25) is 5.91 Å². The lowest BCUT2D eigenvalue weighted by molar-refractivity contribution is -0.137. The average Bonchev–Trinajstić information content (AvgIpc) is 3.07. The van der Waals surface area contributed by atoms with E-state index in [0.29, 0.717) is 24.7 Å². The van der Waals surface area contributed by atoms with E-state index >= 15 is 0 Å². The average molecular weight is 416 g/mol. The number of H-pyrrole nitrogens is 1. The molecule has 1 aliphatic rings. The molecule has 1 saturated carbocycles. The topological polar surface area (TPSA) is 54.1 Å². The van der Waals surface area contributed by atoms with E-state index in [9.17, 15) is 18.0 Å². The quantitative estimate of drug-likeness (QED) is 0.534. The second-order valence-corrected chi connectivity index (χ2v) is 7.97. The third-order valence-corrected chi connectivity index (χ3v) is 5.60. The van der Waals surface area contributed by atoms with Gasteiger partial charge in [-0.1, -0.05) is 19.1 Å². The number of ether oxygens (including phenoxy) is 1. The van der Waals surface area contributed by atoms with Gasteiger partial charge in [0.15, 0.2) is 0 Å². The minimum Gasteiger partial charge on any atom is -0.493 e. The number of aromatic amines is 1. The molecule has 1 aliphatic carbocycles. The van der Waals surface area contributed by atoms with Gasteiger partial charge in [-0.3, -0.25) is 4.79 Å². The number of hydrogen-bond donors (Lipinski definition) is 2. The molecule has 4 rings (SSSR count). The summed E-state index contributed by atoms with van der Waals surface area (Å²) in [6.07, 6.45) is -0.215. The van der Waals surface area contributed by atoms with Crippen LogP contribution >= 0.6 is 0 Å². The van der Waals surface area contributed by atoms with Crippen molar-refractivity contribution >= 4 is 22.5 Å². The van der Waals surface area contributed by atoms with Crippen LogP contribution in [0.2, 0.25) is 0 Å². The van der Waals surface area contributed by atoms with Gasteiger partial charge in [-0.15, -0.1) is 0 Å². The molecule has 0 spiro atoms. The highest BCUT2D eigenvalue weighted by atomic mass is 19.4. The zero-order valence-corrected chi connectivity index (χ0v) is 16.6. The van der Waals surface area contributed by atoms with E-state index < -0.39 is 11.7 Å². The van der Waals surface area contributed by atoms with E-state index in [-0.39, 0.29) is 11.8 Å². The molecular weight excluding hydrogens is 393 g/mol. The fourth-order valence-corrected chi connectivity index (χ4v) is 3.79. The molecule has 30 heavy (non-hydrogen) atoms. The minimum absolute atomic E-state index is 0.0441. The number of halogens is 3. The molecule has 0 radical (unpaired) electrons. The summed E-state index contributed by atoms with van der Waals surface area (Å²) in [5, 5.41) is 3.86. The first-order valence-electron chi connectivity index (χ1n) is 10.0. The first-order valence-corrected chi connectivity index (χ1v) is 10.0. The third kappa shape index (κ3) is 4.45. The van der Waals surface area contributed by atoms with E-state index in [1.165, 1.54) is 12.1 Å². The molecule has 4 nitrogen and oxygen atoms in total. The fourth-order valence-electron chi connectivity index (χ4n) is 3.79. The number of fused-ring (bicyclic) bond motifs is 1. The predicted molar refractivity (Wildman–Crippen MR) is 109 cm³/mol. The lowest BCUT2D eigenvalue weighted by atomic mass is 9.75. The molecule has 3 aromatic rings. The summed E-state index contributed by atoms with van der Waals surface area (Å²) in [5.74, 6) is 1.37. The van der Waals surface area contributed by atoms with E-state index in [4.69, 9.17) is 4.74 Å². The van der Waals surface area contributed by atoms with Crippen molar-refractivity contribution in [1.29, 1.82) is 0 Å². The first-order chi connectivity index (χ1) is 14.3. The second kappa shape index (κ2) is 8.05. The van der Waals surface area contributed by atoms with Crippen LogP contribution in [0.1, 0.15) is 30.9 Å². The normalized spacial score (nSPS) is 18.8. The Kier molecular flexibility index (Phi) is 5.45. The van der Waals surface area contributed by atoms with Crippen molar-refractivity contribution in [3.63, 3.8) is 0 Å². The molecule has 158 valence electrons. The minimum atomic E-state index is -4.33. The summed E-state index contributed by atoms with van der Waals surface area (Å²) in [7, 11) is 0. The first kappa shape index (κ1) is 20.3. The van der Waals surface area contributed by atoms with Gasteiger partial charge in [-0.2, -0.15) is 13.2 Å². The van der Waals surface area contributed by atoms with Crippen molar-refractivity contribution in [3.05, 3.63) is 59.8 Å². The monoisotopic (exact) mass is 416 g/mol. The number of rotatable bonds is 6. The molecule has 1 aromatic heterocycles. The maximum atomic E-state index is 12.6. The van der Waals surface area contributed by atoms with E-state index in [1.54, 1.807) is 6.20 Å². The molecule has 1 amide bonds. The number of alkyl halides is 3. The molecule has 0 bridgehead atoms. The smallest absolute Gasteiger partial charge is 0.416 e. The molecule has 1 heterocycles. The number of benzene rings is 2. The van der Waals surface area contributed by atoms with E-state index in [1.807, 2.05) is 18.2 Å². The Morgan fingerprint density at radius 2 is 1.90 bits per heavy atom. The van der Waals surface area contributed by atoms with Crippen LogP contribution in [0.4, 0.5) is 18.9 Å². The Labute approximate surface area is 172 Å². The summed E-state index contributed by atoms with van der Waals surface area (Å²) >= 11 is 0. The zero-order valence-electron chi connectivity index (χ0n) is 16.6. The lowest BCUT2D eigenvalue weighted by Gasteiger charge is -2.31.